The summed E-state index contributed by atoms with van der Waals surface area (Å²) in [5, 5.41) is 10.1. The van der Waals surface area contributed by atoms with Gasteiger partial charge in [-0.2, -0.15) is 4.98 Å². The fourth-order valence-corrected chi connectivity index (χ4v) is 4.82. The number of benzene rings is 2. The van der Waals surface area contributed by atoms with E-state index in [9.17, 15) is 9.36 Å². The monoisotopic (exact) mass is 471 g/mol. The Morgan fingerprint density at radius 2 is 1.94 bits per heavy atom. The average Bonchev–Trinajstić information content (AvgIpc) is 2.76. The molecule has 2 heterocycles. The number of anilines is 4. The Morgan fingerprint density at radius 3 is 2.69 bits per heavy atom. The molecule has 4 rings (SSSR count). The van der Waals surface area contributed by atoms with Gasteiger partial charge in [0.2, 0.25) is 5.95 Å². The summed E-state index contributed by atoms with van der Waals surface area (Å²) in [6.07, 6.45) is 2.21. The first-order valence-corrected chi connectivity index (χ1v) is 12.9. The zero-order valence-electron chi connectivity index (χ0n) is 17.9. The predicted octanol–water partition coefficient (Wildman–Crippen LogP) is 4.16. The molecule has 166 valence electrons. The molecule has 0 spiro atoms. The Morgan fingerprint density at radius 1 is 1.16 bits per heavy atom. The van der Waals surface area contributed by atoms with Gasteiger partial charge in [0, 0.05) is 17.4 Å². The molecule has 1 aromatic heterocycles. The van der Waals surface area contributed by atoms with Crippen LogP contribution in [0.3, 0.4) is 0 Å². The lowest BCUT2D eigenvalue weighted by Crippen LogP contribution is -2.31. The zero-order chi connectivity index (χ0) is 22.9. The number of nitrogens with zero attached hydrogens (tertiary/aromatic N) is 2. The molecular weight excluding hydrogens is 449 g/mol. The fraction of sp³-hybridized carbons (Fsp3) is 0.227. The molecule has 0 saturated heterocycles. The van der Waals surface area contributed by atoms with Gasteiger partial charge in [0.05, 0.1) is 24.7 Å². The molecule has 0 aliphatic carbocycles. The molecule has 3 aromatic rings. The largest absolute Gasteiger partial charge is 0.495 e. The molecule has 32 heavy (non-hydrogen) atoms. The number of methoxy groups -OCH3 is 1. The Bertz CT molecular complexity index is 1240. The van der Waals surface area contributed by atoms with E-state index in [0.717, 1.165) is 12.0 Å². The molecule has 1 aliphatic rings. The van der Waals surface area contributed by atoms with Crippen LogP contribution in [-0.4, -0.2) is 42.9 Å². The van der Waals surface area contributed by atoms with Crippen molar-refractivity contribution in [3.8, 4) is 5.75 Å². The van der Waals surface area contributed by atoms with Crippen LogP contribution in [0, 0.1) is 0 Å². The van der Waals surface area contributed by atoms with Gasteiger partial charge in [-0.1, -0.05) is 23.7 Å². The summed E-state index contributed by atoms with van der Waals surface area (Å²) in [5.74, 6) is 1.08. The van der Waals surface area contributed by atoms with Crippen molar-refractivity contribution in [1.29, 1.82) is 0 Å². The van der Waals surface area contributed by atoms with Gasteiger partial charge in [-0.3, -0.25) is 4.79 Å². The Balaban J connectivity index is 1.67. The second kappa shape index (κ2) is 8.81. The smallest absolute Gasteiger partial charge is 0.251 e. The second-order valence-corrected chi connectivity index (χ2v) is 11.3. The first kappa shape index (κ1) is 22.1. The van der Waals surface area contributed by atoms with Crippen LogP contribution in [-0.2, 0) is 11.0 Å². The highest BCUT2D eigenvalue weighted by atomic mass is 35.5. The maximum Gasteiger partial charge on any atom is 0.251 e. The molecule has 0 saturated carbocycles. The minimum Gasteiger partial charge on any atom is -0.495 e. The maximum atomic E-state index is 12.7. The Kier molecular flexibility index (Phi) is 6.09. The predicted molar refractivity (Wildman–Crippen MR) is 128 cm³/mol. The maximum absolute atomic E-state index is 12.7. The van der Waals surface area contributed by atoms with E-state index in [2.05, 4.69) is 25.9 Å². The SMILES string of the molecule is COc1cc2c(cc1Nc1ncc(Cl)c(Nc3ccccc3P(C)(C)=O)n1)C(=O)NCC2. The number of hydrogen-bond acceptors (Lipinski definition) is 7. The van der Waals surface area contributed by atoms with E-state index in [4.69, 9.17) is 16.3 Å². The molecule has 0 atom stereocenters. The van der Waals surface area contributed by atoms with Gasteiger partial charge in [0.25, 0.3) is 5.91 Å². The van der Waals surface area contributed by atoms with Crippen LogP contribution in [0.1, 0.15) is 15.9 Å². The van der Waals surface area contributed by atoms with Gasteiger partial charge in [0.1, 0.15) is 17.9 Å². The summed E-state index contributed by atoms with van der Waals surface area (Å²) in [4.78, 5) is 21.0. The topological polar surface area (TPSA) is 105 Å². The third-order valence-electron chi connectivity index (χ3n) is 5.08. The van der Waals surface area contributed by atoms with Crippen molar-refractivity contribution in [1.82, 2.24) is 15.3 Å². The summed E-state index contributed by atoms with van der Waals surface area (Å²) >= 11 is 6.33. The van der Waals surface area contributed by atoms with Crippen LogP contribution in [0.25, 0.3) is 0 Å². The van der Waals surface area contributed by atoms with Gasteiger partial charge in [-0.25, -0.2) is 4.98 Å². The van der Waals surface area contributed by atoms with Crippen molar-refractivity contribution in [2.45, 2.75) is 6.42 Å². The number of fused-ring (bicyclic) bond motifs is 1. The summed E-state index contributed by atoms with van der Waals surface area (Å²) < 4.78 is 18.2. The molecule has 8 nitrogen and oxygen atoms in total. The third kappa shape index (κ3) is 4.56. The van der Waals surface area contributed by atoms with E-state index < -0.39 is 7.14 Å². The molecular formula is C22H23ClN5O3P. The molecule has 0 fully saturated rings. The summed E-state index contributed by atoms with van der Waals surface area (Å²) in [6.45, 7) is 4.02. The summed E-state index contributed by atoms with van der Waals surface area (Å²) in [6, 6.07) is 10.9. The fourth-order valence-electron chi connectivity index (χ4n) is 3.52. The lowest BCUT2D eigenvalue weighted by Gasteiger charge is -2.20. The number of amides is 1. The molecule has 1 amide bonds. The molecule has 1 aliphatic heterocycles. The Hall–Kier alpha value is -3.09. The average molecular weight is 472 g/mol. The first-order chi connectivity index (χ1) is 15.3. The Labute approximate surface area is 191 Å². The summed E-state index contributed by atoms with van der Waals surface area (Å²) in [5.41, 5.74) is 2.73. The zero-order valence-corrected chi connectivity index (χ0v) is 19.6. The van der Waals surface area contributed by atoms with Crippen LogP contribution in [0.5, 0.6) is 5.75 Å². The van der Waals surface area contributed by atoms with Crippen molar-refractivity contribution in [2.24, 2.45) is 0 Å². The quantitative estimate of drug-likeness (QED) is 0.463. The van der Waals surface area contributed by atoms with E-state index in [1.807, 2.05) is 30.3 Å². The lowest BCUT2D eigenvalue weighted by atomic mass is 9.99. The van der Waals surface area contributed by atoms with Crippen molar-refractivity contribution in [2.75, 3.05) is 37.6 Å². The van der Waals surface area contributed by atoms with E-state index in [0.29, 0.717) is 45.4 Å². The number of halogens is 1. The van der Waals surface area contributed by atoms with Crippen molar-refractivity contribution in [3.05, 3.63) is 58.7 Å². The van der Waals surface area contributed by atoms with E-state index in [1.165, 1.54) is 6.20 Å². The van der Waals surface area contributed by atoms with Crippen molar-refractivity contribution >= 4 is 53.1 Å². The minimum absolute atomic E-state index is 0.128. The number of hydrogen-bond donors (Lipinski definition) is 3. The highest BCUT2D eigenvalue weighted by molar-refractivity contribution is 7.70. The van der Waals surface area contributed by atoms with Gasteiger partial charge in [-0.15, -0.1) is 0 Å². The highest BCUT2D eigenvalue weighted by Crippen LogP contribution is 2.39. The number of carbonyl (C=O) groups is 1. The normalized spacial score (nSPS) is 13.2. The van der Waals surface area contributed by atoms with Gasteiger partial charge >= 0.3 is 0 Å². The van der Waals surface area contributed by atoms with Crippen molar-refractivity contribution in [3.63, 3.8) is 0 Å². The van der Waals surface area contributed by atoms with E-state index in [-0.39, 0.29) is 11.9 Å². The van der Waals surface area contributed by atoms with E-state index in [1.54, 1.807) is 26.5 Å². The number of aromatic nitrogens is 2. The number of ether oxygens (including phenoxy) is 1. The molecule has 0 unspecified atom stereocenters. The van der Waals surface area contributed by atoms with Gasteiger partial charge in [0.15, 0.2) is 5.82 Å². The molecule has 2 aromatic carbocycles. The van der Waals surface area contributed by atoms with Crippen LogP contribution >= 0.6 is 18.7 Å². The number of para-hydroxylation sites is 1. The van der Waals surface area contributed by atoms with Crippen LogP contribution in [0.15, 0.2) is 42.6 Å². The molecule has 0 bridgehead atoms. The number of nitrogens with one attached hydrogen (secondary N) is 3. The van der Waals surface area contributed by atoms with Crippen LogP contribution < -0.4 is 26.0 Å². The highest BCUT2D eigenvalue weighted by Gasteiger charge is 2.21. The second-order valence-electron chi connectivity index (χ2n) is 7.72. The minimum atomic E-state index is -2.52. The first-order valence-electron chi connectivity index (χ1n) is 9.96. The van der Waals surface area contributed by atoms with Crippen molar-refractivity contribution < 1.29 is 14.1 Å². The number of rotatable bonds is 6. The van der Waals surface area contributed by atoms with Crippen LogP contribution in [0.4, 0.5) is 23.1 Å². The molecule has 10 heteroatoms. The number of carbonyl (C=O) groups excluding carboxylic acids is 1. The van der Waals surface area contributed by atoms with E-state index >= 15 is 0 Å². The molecule has 0 radical (unpaired) electrons. The van der Waals surface area contributed by atoms with Crippen LogP contribution in [0.2, 0.25) is 5.02 Å². The lowest BCUT2D eigenvalue weighted by molar-refractivity contribution is 0.0946. The molecule has 3 N–H and O–H groups in total. The van der Waals surface area contributed by atoms with Gasteiger partial charge < -0.3 is 25.3 Å². The standard InChI is InChI=1S/C22H23ClN5O3P/c1-31-18-10-13-8-9-24-21(29)14(13)11-17(18)27-22-25-12-15(23)20(28-22)26-16-6-4-5-7-19(16)32(2,3)30/h4-7,10-12H,8-9H2,1-3H3,(H,24,29)(H2,25,26,27,28). The third-order valence-corrected chi connectivity index (χ3v) is 6.90. The van der Waals surface area contributed by atoms with Gasteiger partial charge in [-0.05, 0) is 49.6 Å². The summed E-state index contributed by atoms with van der Waals surface area (Å²) in [7, 11) is -0.956.